The predicted molar refractivity (Wildman–Crippen MR) is 174 cm³/mol. The van der Waals surface area contributed by atoms with Crippen molar-refractivity contribution in [1.29, 1.82) is 0 Å². The van der Waals surface area contributed by atoms with Crippen LogP contribution in [0.5, 0.6) is 0 Å². The Labute approximate surface area is 255 Å². The summed E-state index contributed by atoms with van der Waals surface area (Å²) < 4.78 is 8.31. The van der Waals surface area contributed by atoms with Gasteiger partial charge in [0.15, 0.2) is 0 Å². The van der Waals surface area contributed by atoms with Crippen LogP contribution >= 0.6 is 0 Å². The molecule has 3 saturated carbocycles. The maximum atomic E-state index is 13.0. The van der Waals surface area contributed by atoms with E-state index in [9.17, 15) is 4.79 Å². The molecule has 3 fully saturated rings. The zero-order valence-corrected chi connectivity index (χ0v) is 27.5. The van der Waals surface area contributed by atoms with Gasteiger partial charge in [0.25, 0.3) is 0 Å². The van der Waals surface area contributed by atoms with Crippen LogP contribution in [0.1, 0.15) is 117 Å². The molecule has 4 unspecified atom stereocenters. The smallest absolute Gasteiger partial charge is 0.306 e. The van der Waals surface area contributed by atoms with Gasteiger partial charge >= 0.3 is 5.97 Å². The molecule has 0 aliphatic heterocycles. The first kappa shape index (κ1) is 30.0. The molecule has 1 heterocycles. The molecule has 8 atom stereocenters. The number of nitrogens with zero attached hydrogens (tertiary/aromatic N) is 1. The Morgan fingerprint density at radius 1 is 1.02 bits per heavy atom. The highest BCUT2D eigenvalue weighted by Gasteiger charge is 2.59. The fourth-order valence-corrected chi connectivity index (χ4v) is 10.9. The van der Waals surface area contributed by atoms with Gasteiger partial charge in [0.05, 0.1) is 0 Å². The van der Waals surface area contributed by atoms with E-state index in [1.165, 1.54) is 74.3 Å². The molecule has 3 nitrogen and oxygen atoms in total. The highest BCUT2D eigenvalue weighted by molar-refractivity contribution is 5.84. The van der Waals surface area contributed by atoms with E-state index in [0.717, 1.165) is 54.8 Å². The average molecular weight is 572 g/mol. The summed E-state index contributed by atoms with van der Waals surface area (Å²) in [5.41, 5.74) is 4.92. The molecule has 3 heteroatoms. The Bertz CT molecular complexity index is 1300. The van der Waals surface area contributed by atoms with Crippen molar-refractivity contribution >= 4 is 16.9 Å². The van der Waals surface area contributed by atoms with Crippen LogP contribution in [0.25, 0.3) is 10.9 Å². The zero-order chi connectivity index (χ0) is 29.6. The second-order valence-electron chi connectivity index (χ2n) is 15.9. The minimum absolute atomic E-state index is 0.0289. The van der Waals surface area contributed by atoms with Crippen molar-refractivity contribution in [3.63, 3.8) is 0 Å². The molecule has 0 bridgehead atoms. The molecule has 0 radical (unpaired) electrons. The van der Waals surface area contributed by atoms with Gasteiger partial charge in [-0.3, -0.25) is 4.79 Å². The zero-order valence-electron chi connectivity index (χ0n) is 27.5. The molecule has 42 heavy (non-hydrogen) atoms. The number of fused-ring (bicyclic) bond motifs is 6. The lowest BCUT2D eigenvalue weighted by atomic mass is 9.47. The number of esters is 1. The second kappa shape index (κ2) is 11.8. The predicted octanol–water partition coefficient (Wildman–Crippen LogP) is 10.1. The molecule has 6 rings (SSSR count). The number of aromatic nitrogens is 1. The molecule has 4 aliphatic carbocycles. The Morgan fingerprint density at radius 3 is 2.64 bits per heavy atom. The summed E-state index contributed by atoms with van der Waals surface area (Å²) in [6.45, 7) is 12.6. The quantitative estimate of drug-likeness (QED) is 0.221. The maximum Gasteiger partial charge on any atom is 0.306 e. The Balaban J connectivity index is 1.06. The lowest BCUT2D eigenvalue weighted by molar-refractivity contribution is -0.151. The minimum atomic E-state index is -0.0289. The van der Waals surface area contributed by atoms with Gasteiger partial charge < -0.3 is 9.30 Å². The first-order valence-electron chi connectivity index (χ1n) is 17.5. The molecule has 0 N–H and O–H groups in total. The monoisotopic (exact) mass is 571 g/mol. The van der Waals surface area contributed by atoms with E-state index in [1.54, 1.807) is 5.57 Å². The summed E-state index contributed by atoms with van der Waals surface area (Å²) in [5, 5.41) is 1.25. The fourth-order valence-electron chi connectivity index (χ4n) is 10.9. The van der Waals surface area contributed by atoms with Gasteiger partial charge in [-0.05, 0) is 109 Å². The third kappa shape index (κ3) is 5.41. The molecular formula is C39H57NO2. The number of aryl methyl sites for hydroxylation is 2. The van der Waals surface area contributed by atoms with E-state index in [-0.39, 0.29) is 12.1 Å². The largest absolute Gasteiger partial charge is 0.462 e. The molecule has 2 aromatic rings. The summed E-state index contributed by atoms with van der Waals surface area (Å²) in [6, 6.07) is 8.46. The summed E-state index contributed by atoms with van der Waals surface area (Å²) >= 11 is 0. The number of benzene rings is 1. The molecule has 1 aromatic heterocycles. The summed E-state index contributed by atoms with van der Waals surface area (Å²) in [7, 11) is 2.08. The van der Waals surface area contributed by atoms with Gasteiger partial charge in [-0.2, -0.15) is 0 Å². The number of hydrogen-bond donors (Lipinski definition) is 0. The van der Waals surface area contributed by atoms with Gasteiger partial charge in [0.2, 0.25) is 0 Å². The Kier molecular flexibility index (Phi) is 8.44. The lowest BCUT2D eigenvalue weighted by Gasteiger charge is -2.58. The Morgan fingerprint density at radius 2 is 1.83 bits per heavy atom. The van der Waals surface area contributed by atoms with E-state index in [0.29, 0.717) is 17.3 Å². The van der Waals surface area contributed by atoms with E-state index in [2.05, 4.69) is 82.8 Å². The van der Waals surface area contributed by atoms with Crippen molar-refractivity contribution in [2.24, 2.45) is 53.4 Å². The van der Waals surface area contributed by atoms with Crippen LogP contribution < -0.4 is 0 Å². The minimum Gasteiger partial charge on any atom is -0.462 e. The van der Waals surface area contributed by atoms with Crippen molar-refractivity contribution in [1.82, 2.24) is 4.57 Å². The number of carbonyl (C=O) groups excluding carboxylic acids is 1. The van der Waals surface area contributed by atoms with Crippen molar-refractivity contribution in [2.75, 3.05) is 0 Å². The van der Waals surface area contributed by atoms with Crippen LogP contribution in [0.2, 0.25) is 0 Å². The third-order valence-corrected chi connectivity index (χ3v) is 13.1. The average Bonchev–Trinajstić information content (AvgIpc) is 3.48. The maximum absolute atomic E-state index is 13.0. The lowest BCUT2D eigenvalue weighted by Crippen LogP contribution is -2.51. The third-order valence-electron chi connectivity index (χ3n) is 13.1. The topological polar surface area (TPSA) is 31.2 Å². The number of rotatable bonds is 9. The molecule has 4 aliphatic rings. The van der Waals surface area contributed by atoms with Crippen LogP contribution in [-0.4, -0.2) is 16.6 Å². The van der Waals surface area contributed by atoms with E-state index < -0.39 is 0 Å². The van der Waals surface area contributed by atoms with Gasteiger partial charge in [0.1, 0.15) is 6.10 Å². The van der Waals surface area contributed by atoms with E-state index in [1.807, 2.05) is 0 Å². The standard InChI is InChI=1S/C39H57NO2/c1-26(2)10-9-11-27(3)33-17-18-34-32-16-15-29-24-30(20-22-38(29,4)35(32)21-23-39(33,34)5)42-37(41)19-14-28-25-40(6)36-13-8-7-12-31(28)36/h7-8,12-13,15,25-27,30,32-35H,9-11,14,16-24H2,1-6H3/t27?,30-,32-,33?,34?,35?,38-,39+/m0/s1. The van der Waals surface area contributed by atoms with Gasteiger partial charge in [0, 0.05) is 37.0 Å². The first-order valence-corrected chi connectivity index (χ1v) is 17.5. The van der Waals surface area contributed by atoms with Crippen LogP contribution in [-0.2, 0) is 23.0 Å². The van der Waals surface area contributed by atoms with Crippen LogP contribution in [0.4, 0.5) is 0 Å². The van der Waals surface area contributed by atoms with Crippen molar-refractivity contribution in [3.05, 3.63) is 47.7 Å². The fraction of sp³-hybridized carbons (Fsp3) is 0.718. The number of para-hydroxylation sites is 1. The highest BCUT2D eigenvalue weighted by Crippen LogP contribution is 2.67. The molecule has 0 saturated heterocycles. The Hall–Kier alpha value is -2.03. The summed E-state index contributed by atoms with van der Waals surface area (Å²) in [4.78, 5) is 13.0. The van der Waals surface area contributed by atoms with Crippen LogP contribution in [0.3, 0.4) is 0 Å². The molecular weight excluding hydrogens is 514 g/mol. The van der Waals surface area contributed by atoms with Crippen molar-refractivity contribution in [3.8, 4) is 0 Å². The summed E-state index contributed by atoms with van der Waals surface area (Å²) in [5.74, 6) is 5.15. The molecule has 1 aromatic carbocycles. The number of carbonyl (C=O) groups is 1. The number of hydrogen-bond acceptors (Lipinski definition) is 2. The second-order valence-corrected chi connectivity index (χ2v) is 15.9. The van der Waals surface area contributed by atoms with Crippen LogP contribution in [0, 0.1) is 46.3 Å². The van der Waals surface area contributed by atoms with E-state index in [4.69, 9.17) is 4.74 Å². The van der Waals surface area contributed by atoms with Gasteiger partial charge in [-0.15, -0.1) is 0 Å². The normalized spacial score (nSPS) is 34.9. The number of ether oxygens (including phenoxy) is 1. The van der Waals surface area contributed by atoms with Gasteiger partial charge in [-0.1, -0.05) is 83.7 Å². The number of allylic oxidation sites excluding steroid dienone is 1. The van der Waals surface area contributed by atoms with Crippen LogP contribution in [0.15, 0.2) is 42.1 Å². The first-order chi connectivity index (χ1) is 20.1. The molecule has 0 amide bonds. The summed E-state index contributed by atoms with van der Waals surface area (Å²) in [6.07, 6.45) is 20.4. The SMILES string of the molecule is CC(C)CCCC(C)C1CCC2[C@@H]3CC=C4C[C@@H](OC(=O)CCc5cn(C)c6ccccc56)CC[C@]4(C)C3CC[C@]12C. The van der Waals surface area contributed by atoms with Crippen molar-refractivity contribution in [2.45, 2.75) is 124 Å². The highest BCUT2D eigenvalue weighted by atomic mass is 16.5. The van der Waals surface area contributed by atoms with Crippen molar-refractivity contribution < 1.29 is 9.53 Å². The van der Waals surface area contributed by atoms with E-state index >= 15 is 0 Å². The van der Waals surface area contributed by atoms with Gasteiger partial charge in [-0.25, -0.2) is 0 Å². The molecule has 0 spiro atoms. The molecule has 230 valence electrons.